The second-order valence-corrected chi connectivity index (χ2v) is 2.20. The summed E-state index contributed by atoms with van der Waals surface area (Å²) in [6.07, 6.45) is 3.18. The molecule has 0 N–H and O–H groups in total. The van der Waals surface area contributed by atoms with Crippen LogP contribution in [0.15, 0.2) is 12.8 Å². The van der Waals surface area contributed by atoms with E-state index in [1.807, 2.05) is 0 Å². The number of hydrogen-bond donors (Lipinski definition) is 0. The summed E-state index contributed by atoms with van der Waals surface area (Å²) in [4.78, 5) is 12.3. The molecule has 0 aromatic carbocycles. The first-order valence-corrected chi connectivity index (χ1v) is 3.73. The molecule has 0 spiro atoms. The number of nitrogens with zero attached hydrogens (tertiary/aromatic N) is 1. The third-order valence-corrected chi connectivity index (χ3v) is 1.38. The number of carbonyl (C=O) groups excluding carboxylic acids is 1. The summed E-state index contributed by atoms with van der Waals surface area (Å²) < 4.78 is 4.52. The van der Waals surface area contributed by atoms with Crippen LogP contribution in [-0.2, 0) is 4.74 Å². The molecule has 64 valence electrons. The Bertz CT molecular complexity index is 134. The maximum atomic E-state index is 10.9. The minimum Gasteiger partial charge on any atom is -0.452 e. The molecule has 0 fully saturated rings. The standard InChI is InChI=1S/C8H15NO2/c1-4-6-7-9(5-2)8(10)11-3/h5H,2,4,6-7H2,1,3H3. The van der Waals surface area contributed by atoms with Gasteiger partial charge in [0.2, 0.25) is 0 Å². The molecule has 0 aliphatic carbocycles. The largest absolute Gasteiger partial charge is 0.452 e. The van der Waals surface area contributed by atoms with Crippen LogP contribution in [0.3, 0.4) is 0 Å². The normalized spacial score (nSPS) is 8.91. The van der Waals surface area contributed by atoms with Crippen molar-refractivity contribution in [2.24, 2.45) is 0 Å². The number of rotatable bonds is 4. The fourth-order valence-corrected chi connectivity index (χ4v) is 0.703. The van der Waals surface area contributed by atoms with E-state index in [1.165, 1.54) is 18.2 Å². The second-order valence-electron chi connectivity index (χ2n) is 2.20. The molecule has 0 rings (SSSR count). The topological polar surface area (TPSA) is 29.5 Å². The maximum Gasteiger partial charge on any atom is 0.413 e. The molecule has 0 bridgehead atoms. The van der Waals surface area contributed by atoms with Crippen molar-refractivity contribution in [1.29, 1.82) is 0 Å². The summed E-state index contributed by atoms with van der Waals surface area (Å²) in [5, 5.41) is 0. The third kappa shape index (κ3) is 3.65. The molecule has 0 saturated carbocycles. The van der Waals surface area contributed by atoms with E-state index in [9.17, 15) is 4.79 Å². The fraction of sp³-hybridized carbons (Fsp3) is 0.625. The number of unbranched alkanes of at least 4 members (excludes halogenated alkanes) is 1. The van der Waals surface area contributed by atoms with Crippen molar-refractivity contribution in [3.63, 3.8) is 0 Å². The average Bonchev–Trinajstić information content (AvgIpc) is 2.05. The summed E-state index contributed by atoms with van der Waals surface area (Å²) in [7, 11) is 1.37. The number of hydrogen-bond acceptors (Lipinski definition) is 2. The summed E-state index contributed by atoms with van der Waals surface area (Å²) >= 11 is 0. The van der Waals surface area contributed by atoms with Crippen LogP contribution >= 0.6 is 0 Å². The van der Waals surface area contributed by atoms with Crippen LogP contribution < -0.4 is 0 Å². The Morgan fingerprint density at radius 1 is 1.73 bits per heavy atom. The van der Waals surface area contributed by atoms with Crippen molar-refractivity contribution >= 4 is 6.09 Å². The van der Waals surface area contributed by atoms with Crippen molar-refractivity contribution in [3.8, 4) is 0 Å². The van der Waals surface area contributed by atoms with Gasteiger partial charge >= 0.3 is 6.09 Å². The van der Waals surface area contributed by atoms with E-state index in [0.29, 0.717) is 6.54 Å². The van der Waals surface area contributed by atoms with Gasteiger partial charge in [0.15, 0.2) is 0 Å². The first kappa shape index (κ1) is 10.0. The molecular weight excluding hydrogens is 142 g/mol. The molecule has 0 atom stereocenters. The Kier molecular flexibility index (Phi) is 5.25. The van der Waals surface area contributed by atoms with E-state index in [1.54, 1.807) is 0 Å². The first-order chi connectivity index (χ1) is 5.26. The van der Waals surface area contributed by atoms with Crippen LogP contribution in [-0.4, -0.2) is 24.6 Å². The SMILES string of the molecule is C=CN(CCCC)C(=O)OC. The first-order valence-electron chi connectivity index (χ1n) is 3.73. The highest BCUT2D eigenvalue weighted by molar-refractivity contribution is 5.68. The van der Waals surface area contributed by atoms with Gasteiger partial charge in [-0.05, 0) is 6.42 Å². The Labute approximate surface area is 67.6 Å². The summed E-state index contributed by atoms with van der Waals surface area (Å²) in [6.45, 7) is 6.26. The zero-order chi connectivity index (χ0) is 8.69. The Morgan fingerprint density at radius 2 is 2.36 bits per heavy atom. The van der Waals surface area contributed by atoms with Gasteiger partial charge in [-0.25, -0.2) is 4.79 Å². The molecule has 1 amide bonds. The minimum atomic E-state index is -0.339. The minimum absolute atomic E-state index is 0.339. The van der Waals surface area contributed by atoms with Gasteiger partial charge in [-0.1, -0.05) is 19.9 Å². The lowest BCUT2D eigenvalue weighted by Gasteiger charge is -2.14. The van der Waals surface area contributed by atoms with Crippen molar-refractivity contribution in [1.82, 2.24) is 4.90 Å². The van der Waals surface area contributed by atoms with Gasteiger partial charge in [-0.2, -0.15) is 0 Å². The van der Waals surface area contributed by atoms with Crippen molar-refractivity contribution in [3.05, 3.63) is 12.8 Å². The summed E-state index contributed by atoms with van der Waals surface area (Å²) in [5.74, 6) is 0. The molecule has 0 heterocycles. The molecule has 3 heteroatoms. The predicted molar refractivity (Wildman–Crippen MR) is 44.2 cm³/mol. The number of carbonyl (C=O) groups is 1. The van der Waals surface area contributed by atoms with Crippen molar-refractivity contribution < 1.29 is 9.53 Å². The molecular formula is C8H15NO2. The van der Waals surface area contributed by atoms with Crippen LogP contribution in [0, 0.1) is 0 Å². The molecule has 0 aliphatic rings. The lowest BCUT2D eigenvalue weighted by molar-refractivity contribution is 0.139. The Balaban J connectivity index is 3.74. The zero-order valence-electron chi connectivity index (χ0n) is 7.17. The van der Waals surface area contributed by atoms with Crippen molar-refractivity contribution in [2.45, 2.75) is 19.8 Å². The summed E-state index contributed by atoms with van der Waals surface area (Å²) in [6, 6.07) is 0. The zero-order valence-corrected chi connectivity index (χ0v) is 7.17. The Morgan fingerprint density at radius 3 is 2.73 bits per heavy atom. The van der Waals surface area contributed by atoms with E-state index >= 15 is 0 Å². The van der Waals surface area contributed by atoms with Crippen LogP contribution in [0.4, 0.5) is 4.79 Å². The van der Waals surface area contributed by atoms with Crippen LogP contribution in [0.1, 0.15) is 19.8 Å². The van der Waals surface area contributed by atoms with E-state index in [0.717, 1.165) is 12.8 Å². The fourth-order valence-electron chi connectivity index (χ4n) is 0.703. The van der Waals surface area contributed by atoms with E-state index in [2.05, 4.69) is 18.2 Å². The average molecular weight is 157 g/mol. The van der Waals surface area contributed by atoms with Crippen LogP contribution in [0.5, 0.6) is 0 Å². The van der Waals surface area contributed by atoms with Gasteiger partial charge in [0, 0.05) is 12.7 Å². The quantitative estimate of drug-likeness (QED) is 0.624. The molecule has 0 unspecified atom stereocenters. The number of amides is 1. The van der Waals surface area contributed by atoms with Crippen LogP contribution in [0.25, 0.3) is 0 Å². The molecule has 0 saturated heterocycles. The molecule has 3 nitrogen and oxygen atoms in total. The molecule has 0 radical (unpaired) electrons. The molecule has 11 heavy (non-hydrogen) atoms. The molecule has 0 aromatic heterocycles. The van der Waals surface area contributed by atoms with Gasteiger partial charge in [0.05, 0.1) is 7.11 Å². The van der Waals surface area contributed by atoms with E-state index < -0.39 is 0 Å². The monoisotopic (exact) mass is 157 g/mol. The predicted octanol–water partition coefficient (Wildman–Crippen LogP) is 2.00. The maximum absolute atomic E-state index is 10.9. The van der Waals surface area contributed by atoms with Crippen molar-refractivity contribution in [2.75, 3.05) is 13.7 Å². The Hall–Kier alpha value is -0.990. The van der Waals surface area contributed by atoms with Gasteiger partial charge in [-0.15, -0.1) is 0 Å². The lowest BCUT2D eigenvalue weighted by atomic mass is 10.3. The second kappa shape index (κ2) is 5.77. The van der Waals surface area contributed by atoms with Gasteiger partial charge in [0.1, 0.15) is 0 Å². The van der Waals surface area contributed by atoms with Gasteiger partial charge in [-0.3, -0.25) is 4.90 Å². The molecule has 0 aromatic rings. The number of ether oxygens (including phenoxy) is 1. The number of methoxy groups -OCH3 is 1. The van der Waals surface area contributed by atoms with Crippen LogP contribution in [0.2, 0.25) is 0 Å². The highest BCUT2D eigenvalue weighted by Gasteiger charge is 2.07. The van der Waals surface area contributed by atoms with Gasteiger partial charge < -0.3 is 4.74 Å². The van der Waals surface area contributed by atoms with E-state index in [-0.39, 0.29) is 6.09 Å². The lowest BCUT2D eigenvalue weighted by Crippen LogP contribution is -2.26. The molecule has 0 aliphatic heterocycles. The van der Waals surface area contributed by atoms with Gasteiger partial charge in [0.25, 0.3) is 0 Å². The van der Waals surface area contributed by atoms with E-state index in [4.69, 9.17) is 0 Å². The smallest absolute Gasteiger partial charge is 0.413 e. The highest BCUT2D eigenvalue weighted by atomic mass is 16.5. The third-order valence-electron chi connectivity index (χ3n) is 1.38. The highest BCUT2D eigenvalue weighted by Crippen LogP contribution is 1.97. The summed E-state index contributed by atoms with van der Waals surface area (Å²) in [5.41, 5.74) is 0.